The minimum atomic E-state index is -0.592. The Hall–Kier alpha value is -3.34. The molecule has 0 fully saturated rings. The third kappa shape index (κ3) is 4.00. The highest BCUT2D eigenvalue weighted by Gasteiger charge is 2.13. The molecule has 3 rings (SSSR count). The molecule has 5 heteroatoms. The van der Waals surface area contributed by atoms with Crippen molar-refractivity contribution in [1.29, 1.82) is 0 Å². The monoisotopic (exact) mass is 348 g/mol. The lowest BCUT2D eigenvalue weighted by Gasteiger charge is -2.16. The molecule has 0 saturated heterocycles. The number of carbonyl (C=O) groups excluding carboxylic acids is 2. The molecule has 0 radical (unpaired) electrons. The van der Waals surface area contributed by atoms with Crippen LogP contribution in [-0.2, 0) is 4.79 Å². The lowest BCUT2D eigenvalue weighted by atomic mass is 10.0. The van der Waals surface area contributed by atoms with Gasteiger partial charge < -0.3 is 15.8 Å². The summed E-state index contributed by atoms with van der Waals surface area (Å²) >= 11 is 0. The highest BCUT2D eigenvalue weighted by molar-refractivity contribution is 5.95. The Morgan fingerprint density at radius 2 is 1.69 bits per heavy atom. The van der Waals surface area contributed by atoms with Gasteiger partial charge in [0.15, 0.2) is 6.61 Å². The Kier molecular flexibility index (Phi) is 5.17. The fourth-order valence-electron chi connectivity index (χ4n) is 2.78. The van der Waals surface area contributed by atoms with Gasteiger partial charge in [-0.05, 0) is 41.5 Å². The Morgan fingerprint density at radius 1 is 1.00 bits per heavy atom. The van der Waals surface area contributed by atoms with Gasteiger partial charge in [-0.25, -0.2) is 0 Å². The maximum Gasteiger partial charge on any atom is 0.258 e. The standard InChI is InChI=1S/C21H20N2O3/c1-14(16-11-10-15-6-2-3-7-17(15)12-16)23-20(24)13-26-19-9-5-4-8-18(19)21(22)25/h2-12,14H,13H2,1H3,(H2,22,25)(H,23,24). The zero-order chi connectivity index (χ0) is 18.5. The highest BCUT2D eigenvalue weighted by atomic mass is 16.5. The van der Waals surface area contributed by atoms with E-state index in [4.69, 9.17) is 10.5 Å². The van der Waals surface area contributed by atoms with Crippen molar-refractivity contribution >= 4 is 22.6 Å². The van der Waals surface area contributed by atoms with Crippen molar-refractivity contribution < 1.29 is 14.3 Å². The number of hydrogen-bond acceptors (Lipinski definition) is 3. The average molecular weight is 348 g/mol. The molecular weight excluding hydrogens is 328 g/mol. The van der Waals surface area contributed by atoms with Crippen molar-refractivity contribution in [2.75, 3.05) is 6.61 Å². The van der Waals surface area contributed by atoms with Gasteiger partial charge in [-0.15, -0.1) is 0 Å². The molecular formula is C21H20N2O3. The molecule has 5 nitrogen and oxygen atoms in total. The fourth-order valence-corrected chi connectivity index (χ4v) is 2.78. The van der Waals surface area contributed by atoms with Gasteiger partial charge in [0.1, 0.15) is 5.75 Å². The van der Waals surface area contributed by atoms with Crippen LogP contribution < -0.4 is 15.8 Å². The van der Waals surface area contributed by atoms with E-state index in [1.165, 1.54) is 0 Å². The number of rotatable bonds is 6. The van der Waals surface area contributed by atoms with Crippen molar-refractivity contribution in [1.82, 2.24) is 5.32 Å². The van der Waals surface area contributed by atoms with Crippen molar-refractivity contribution in [2.45, 2.75) is 13.0 Å². The predicted molar refractivity (Wildman–Crippen MR) is 101 cm³/mol. The molecule has 1 atom stereocenters. The SMILES string of the molecule is CC(NC(=O)COc1ccccc1C(N)=O)c1ccc2ccccc2c1. The van der Waals surface area contributed by atoms with Gasteiger partial charge in [0.05, 0.1) is 11.6 Å². The number of benzene rings is 3. The number of fused-ring (bicyclic) bond motifs is 1. The van der Waals surface area contributed by atoms with Crippen LogP contribution in [0.1, 0.15) is 28.9 Å². The summed E-state index contributed by atoms with van der Waals surface area (Å²) < 4.78 is 5.45. The summed E-state index contributed by atoms with van der Waals surface area (Å²) in [7, 11) is 0. The average Bonchev–Trinajstić information content (AvgIpc) is 2.66. The first-order valence-electron chi connectivity index (χ1n) is 8.34. The van der Waals surface area contributed by atoms with Crippen LogP contribution in [0.2, 0.25) is 0 Å². The van der Waals surface area contributed by atoms with E-state index >= 15 is 0 Å². The number of amides is 2. The second-order valence-corrected chi connectivity index (χ2v) is 6.04. The van der Waals surface area contributed by atoms with Gasteiger partial charge in [0.2, 0.25) is 0 Å². The largest absolute Gasteiger partial charge is 0.483 e. The van der Waals surface area contributed by atoms with Crippen LogP contribution in [0.25, 0.3) is 10.8 Å². The summed E-state index contributed by atoms with van der Waals surface area (Å²) in [4.78, 5) is 23.6. The van der Waals surface area contributed by atoms with Gasteiger partial charge in [0, 0.05) is 0 Å². The van der Waals surface area contributed by atoms with E-state index in [1.807, 2.05) is 43.3 Å². The molecule has 0 saturated carbocycles. The molecule has 0 bridgehead atoms. The number of hydrogen-bond donors (Lipinski definition) is 2. The Bertz CT molecular complexity index is 953. The Labute approximate surface area is 151 Å². The molecule has 3 N–H and O–H groups in total. The van der Waals surface area contributed by atoms with Crippen molar-refractivity contribution in [3.05, 3.63) is 77.9 Å². The minimum Gasteiger partial charge on any atom is -0.483 e. The van der Waals surface area contributed by atoms with Crippen LogP contribution in [-0.4, -0.2) is 18.4 Å². The minimum absolute atomic E-state index is 0.165. The molecule has 3 aromatic carbocycles. The quantitative estimate of drug-likeness (QED) is 0.718. The summed E-state index contributed by atoms with van der Waals surface area (Å²) in [6.07, 6.45) is 0. The lowest BCUT2D eigenvalue weighted by molar-refractivity contribution is -0.123. The number of ether oxygens (including phenoxy) is 1. The third-order valence-corrected chi connectivity index (χ3v) is 4.16. The van der Waals surface area contributed by atoms with E-state index < -0.39 is 5.91 Å². The first-order chi connectivity index (χ1) is 12.5. The topological polar surface area (TPSA) is 81.4 Å². The Balaban J connectivity index is 1.63. The van der Waals surface area contributed by atoms with Crippen LogP contribution in [0.5, 0.6) is 5.75 Å². The van der Waals surface area contributed by atoms with Gasteiger partial charge in [-0.1, -0.05) is 48.5 Å². The van der Waals surface area contributed by atoms with E-state index in [2.05, 4.69) is 11.4 Å². The maximum atomic E-state index is 12.2. The van der Waals surface area contributed by atoms with E-state index in [1.54, 1.807) is 24.3 Å². The van der Waals surface area contributed by atoms with Gasteiger partial charge >= 0.3 is 0 Å². The number of primary amides is 1. The number of para-hydroxylation sites is 1. The smallest absolute Gasteiger partial charge is 0.258 e. The van der Waals surface area contributed by atoms with Crippen molar-refractivity contribution in [3.8, 4) is 5.75 Å². The van der Waals surface area contributed by atoms with E-state index in [0.717, 1.165) is 16.3 Å². The molecule has 0 heterocycles. The zero-order valence-electron chi connectivity index (χ0n) is 14.4. The van der Waals surface area contributed by atoms with Crippen molar-refractivity contribution in [2.24, 2.45) is 5.73 Å². The first kappa shape index (κ1) is 17.5. The molecule has 0 aliphatic heterocycles. The Morgan fingerprint density at radius 3 is 2.46 bits per heavy atom. The molecule has 2 amide bonds. The fraction of sp³-hybridized carbons (Fsp3) is 0.143. The van der Waals surface area contributed by atoms with Gasteiger partial charge in [-0.2, -0.15) is 0 Å². The maximum absolute atomic E-state index is 12.2. The summed E-state index contributed by atoms with van der Waals surface area (Å²) in [5.41, 5.74) is 6.57. The normalized spacial score (nSPS) is 11.7. The molecule has 0 aliphatic rings. The summed E-state index contributed by atoms with van der Waals surface area (Å²) in [6, 6.07) is 20.6. The summed E-state index contributed by atoms with van der Waals surface area (Å²) in [6.45, 7) is 1.72. The van der Waals surface area contributed by atoms with Crippen LogP contribution in [0.4, 0.5) is 0 Å². The third-order valence-electron chi connectivity index (χ3n) is 4.16. The van der Waals surface area contributed by atoms with E-state index in [-0.39, 0.29) is 24.1 Å². The number of nitrogens with one attached hydrogen (secondary N) is 1. The van der Waals surface area contributed by atoms with Crippen LogP contribution >= 0.6 is 0 Å². The number of nitrogens with two attached hydrogens (primary N) is 1. The van der Waals surface area contributed by atoms with Crippen molar-refractivity contribution in [3.63, 3.8) is 0 Å². The second-order valence-electron chi connectivity index (χ2n) is 6.04. The molecule has 0 aliphatic carbocycles. The van der Waals surface area contributed by atoms with E-state index in [0.29, 0.717) is 5.75 Å². The molecule has 0 aromatic heterocycles. The van der Waals surface area contributed by atoms with Crippen LogP contribution in [0.15, 0.2) is 66.7 Å². The van der Waals surface area contributed by atoms with E-state index in [9.17, 15) is 9.59 Å². The predicted octanol–water partition coefficient (Wildman–Crippen LogP) is 3.19. The lowest BCUT2D eigenvalue weighted by Crippen LogP contribution is -2.31. The van der Waals surface area contributed by atoms with Gasteiger partial charge in [0.25, 0.3) is 11.8 Å². The van der Waals surface area contributed by atoms with Crippen LogP contribution in [0, 0.1) is 0 Å². The summed E-state index contributed by atoms with van der Waals surface area (Å²) in [5, 5.41) is 5.18. The molecule has 26 heavy (non-hydrogen) atoms. The first-order valence-corrected chi connectivity index (χ1v) is 8.34. The molecule has 0 spiro atoms. The molecule has 132 valence electrons. The highest BCUT2D eigenvalue weighted by Crippen LogP contribution is 2.20. The molecule has 1 unspecified atom stereocenters. The second kappa shape index (κ2) is 7.70. The summed E-state index contributed by atoms with van der Waals surface area (Å²) in [5.74, 6) is -0.566. The van der Waals surface area contributed by atoms with Gasteiger partial charge in [-0.3, -0.25) is 9.59 Å². The molecule has 3 aromatic rings. The van der Waals surface area contributed by atoms with Crippen LogP contribution in [0.3, 0.4) is 0 Å². The zero-order valence-corrected chi connectivity index (χ0v) is 14.4. The number of carbonyl (C=O) groups is 2.